The monoisotopic (exact) mass is 684 g/mol. The van der Waals surface area contributed by atoms with E-state index in [0.29, 0.717) is 0 Å². The zero-order chi connectivity index (χ0) is 7.33. The molecule has 0 radical (unpaired) electrons. The molecule has 0 bridgehead atoms. The van der Waals surface area contributed by atoms with Gasteiger partial charge < -0.3 is 0 Å². The van der Waals surface area contributed by atoms with E-state index in [2.05, 4.69) is 90.4 Å². The molecule has 0 aliphatic rings. The third kappa shape index (κ3) is 4.48. The summed E-state index contributed by atoms with van der Waals surface area (Å²) in [6.45, 7) is 0. The van der Waals surface area contributed by atoms with Gasteiger partial charge in [-0.15, -0.1) is 0 Å². The summed E-state index contributed by atoms with van der Waals surface area (Å²) in [5.41, 5.74) is 0. The van der Waals surface area contributed by atoms with Gasteiger partial charge in [0.15, 0.2) is 0 Å². The topological polar surface area (TPSA) is 0 Å². The fourth-order valence-corrected chi connectivity index (χ4v) is 64.7. The number of hydrogen-bond donors (Lipinski definition) is 0. The molecule has 0 aromatic rings. The van der Waals surface area contributed by atoms with Crippen LogP contribution in [0.4, 0.5) is 0 Å². The summed E-state index contributed by atoms with van der Waals surface area (Å²) in [5.74, 6) is 0. The Balaban J connectivity index is 3.82. The third-order valence-corrected chi connectivity index (χ3v) is 51.0. The van der Waals surface area contributed by atoms with E-state index in [-0.39, 0.29) is 0 Å². The second-order valence-corrected chi connectivity index (χ2v) is 34.1. The van der Waals surface area contributed by atoms with Gasteiger partial charge in [0.2, 0.25) is 0 Å². The van der Waals surface area contributed by atoms with Crippen LogP contribution in [0.15, 0.2) is 0 Å². The van der Waals surface area contributed by atoms with Gasteiger partial charge in [-0.05, 0) is 0 Å². The van der Waals surface area contributed by atoms with Crippen LogP contribution < -0.4 is 0 Å². The Morgan fingerprint density at radius 2 is 0.889 bits per heavy atom. The molecule has 0 N–H and O–H groups in total. The quantitative estimate of drug-likeness (QED) is 0.243. The molecule has 5 heteroatoms. The fourth-order valence-electron chi connectivity index (χ4n) is 0.214. The van der Waals surface area contributed by atoms with Crippen LogP contribution in [0.5, 0.6) is 0 Å². The normalized spacial score (nSPS) is 12.0. The second-order valence-electron chi connectivity index (χ2n) is 2.03. The SMILES string of the molecule is I[CH2][Sn]([CH2]I)([CH2]I)[CH2]I. The summed E-state index contributed by atoms with van der Waals surface area (Å²) < 4.78 is 6.00. The van der Waals surface area contributed by atoms with E-state index in [1.54, 1.807) is 0 Å². The number of alkyl halides is 4. The van der Waals surface area contributed by atoms with Crippen molar-refractivity contribution in [1.82, 2.24) is 0 Å². The van der Waals surface area contributed by atoms with E-state index in [4.69, 9.17) is 0 Å². The van der Waals surface area contributed by atoms with Crippen molar-refractivity contribution in [2.75, 3.05) is 9.77 Å². The van der Waals surface area contributed by atoms with Crippen molar-refractivity contribution in [3.05, 3.63) is 0 Å². The van der Waals surface area contributed by atoms with Crippen molar-refractivity contribution in [2.24, 2.45) is 0 Å². The van der Waals surface area contributed by atoms with Crippen molar-refractivity contribution in [3.63, 3.8) is 0 Å². The minimum atomic E-state index is -1.44. The Kier molecular flexibility index (Phi) is 10.1. The summed E-state index contributed by atoms with van der Waals surface area (Å²) in [6, 6.07) is 0. The molecular weight excluding hydrogens is 674 g/mol. The molecule has 0 saturated carbocycles. The maximum absolute atomic E-state index is 2.58. The van der Waals surface area contributed by atoms with Gasteiger partial charge in [0.25, 0.3) is 0 Å². The summed E-state index contributed by atoms with van der Waals surface area (Å²) in [5, 5.41) is 0. The first-order valence-electron chi connectivity index (χ1n) is 2.48. The van der Waals surface area contributed by atoms with E-state index in [1.165, 1.54) is 9.77 Å². The van der Waals surface area contributed by atoms with E-state index < -0.39 is 18.4 Å². The first-order valence-corrected chi connectivity index (χ1v) is 16.7. The average molecular weight is 682 g/mol. The Bertz CT molecular complexity index is 55.5. The Labute approximate surface area is 115 Å². The van der Waals surface area contributed by atoms with E-state index in [1.807, 2.05) is 0 Å². The first kappa shape index (κ1) is 12.7. The average Bonchev–Trinajstić information content (AvgIpc) is 1.95. The van der Waals surface area contributed by atoms with Crippen molar-refractivity contribution < 1.29 is 0 Å². The molecule has 0 unspecified atom stereocenters. The standard InChI is InChI=1S/4CH2I.Sn/c4*1-2;/h4*1H2;. The summed E-state index contributed by atoms with van der Waals surface area (Å²) >= 11 is 8.89. The van der Waals surface area contributed by atoms with Crippen LogP contribution in [0.2, 0.25) is 0 Å². The van der Waals surface area contributed by atoms with Crippen molar-refractivity contribution >= 4 is 109 Å². The second kappa shape index (κ2) is 7.15. The summed E-state index contributed by atoms with van der Waals surface area (Å²) in [4.78, 5) is 0. The molecule has 0 amide bonds. The Morgan fingerprint density at radius 1 is 0.667 bits per heavy atom. The molecule has 0 aromatic heterocycles. The molecule has 0 atom stereocenters. The minimum absolute atomic E-state index is 1.44. The first-order chi connectivity index (χ1) is 4.24. The Morgan fingerprint density at radius 3 is 0.889 bits per heavy atom. The molecule has 0 aliphatic heterocycles. The molecule has 0 heterocycles. The zero-order valence-corrected chi connectivity index (χ0v) is 16.3. The Hall–Kier alpha value is 3.72. The van der Waals surface area contributed by atoms with Crippen molar-refractivity contribution in [2.45, 2.75) is 0 Å². The molecule has 0 saturated heterocycles. The summed E-state index contributed by atoms with van der Waals surface area (Å²) in [7, 11) is 0. The predicted octanol–water partition coefficient (Wildman–Crippen LogP) is 3.33. The van der Waals surface area contributed by atoms with Gasteiger partial charge in [-0.1, -0.05) is 0 Å². The molecular formula is C4H8I4Sn. The van der Waals surface area contributed by atoms with E-state index in [9.17, 15) is 0 Å². The maximum atomic E-state index is 2.58. The van der Waals surface area contributed by atoms with Crippen molar-refractivity contribution in [1.29, 1.82) is 0 Å². The van der Waals surface area contributed by atoms with Crippen LogP contribution in [-0.2, 0) is 0 Å². The van der Waals surface area contributed by atoms with Gasteiger partial charge in [0.05, 0.1) is 0 Å². The molecule has 0 rings (SSSR count). The molecule has 56 valence electrons. The summed E-state index contributed by atoms with van der Waals surface area (Å²) in [6.07, 6.45) is 0. The molecule has 0 spiro atoms. The van der Waals surface area contributed by atoms with Crippen LogP contribution in [0, 0.1) is 0 Å². The predicted molar refractivity (Wildman–Crippen MR) is 81.3 cm³/mol. The molecule has 0 aromatic carbocycles. The molecule has 9 heavy (non-hydrogen) atoms. The van der Waals surface area contributed by atoms with Crippen LogP contribution in [-0.4, -0.2) is 28.2 Å². The van der Waals surface area contributed by atoms with Gasteiger partial charge in [-0.3, -0.25) is 0 Å². The van der Waals surface area contributed by atoms with Crippen LogP contribution in [0.3, 0.4) is 0 Å². The van der Waals surface area contributed by atoms with Gasteiger partial charge in [-0.25, -0.2) is 0 Å². The molecule has 0 fully saturated rings. The van der Waals surface area contributed by atoms with E-state index in [0.717, 1.165) is 0 Å². The number of rotatable bonds is 4. The van der Waals surface area contributed by atoms with Crippen molar-refractivity contribution in [3.8, 4) is 0 Å². The number of hydrogen-bond acceptors (Lipinski definition) is 0. The zero-order valence-electron chi connectivity index (χ0n) is 4.84. The molecule has 0 aliphatic carbocycles. The number of halogens is 4. The van der Waals surface area contributed by atoms with Gasteiger partial charge >= 0.3 is 119 Å². The fraction of sp³-hybridized carbons (Fsp3) is 1.00. The van der Waals surface area contributed by atoms with Gasteiger partial charge in [0, 0.05) is 0 Å². The van der Waals surface area contributed by atoms with Crippen LogP contribution >= 0.6 is 90.4 Å². The van der Waals surface area contributed by atoms with Crippen LogP contribution in [0.25, 0.3) is 0 Å². The van der Waals surface area contributed by atoms with E-state index >= 15 is 0 Å². The molecule has 0 nitrogen and oxygen atoms in total. The van der Waals surface area contributed by atoms with Crippen LogP contribution in [0.1, 0.15) is 0 Å². The van der Waals surface area contributed by atoms with Gasteiger partial charge in [0.1, 0.15) is 0 Å². The van der Waals surface area contributed by atoms with Gasteiger partial charge in [-0.2, -0.15) is 0 Å². The third-order valence-electron chi connectivity index (χ3n) is 1.13.